The third-order valence-electron chi connectivity index (χ3n) is 3.75. The minimum atomic E-state index is -1.15. The van der Waals surface area contributed by atoms with E-state index < -0.39 is 29.4 Å². The van der Waals surface area contributed by atoms with Crippen LogP contribution in [0, 0.1) is 11.3 Å². The Labute approximate surface area is 158 Å². The van der Waals surface area contributed by atoms with E-state index in [0.717, 1.165) is 12.8 Å². The van der Waals surface area contributed by atoms with Gasteiger partial charge in [0.15, 0.2) is 0 Å². The Morgan fingerprint density at radius 3 is 2.09 bits per heavy atom. The summed E-state index contributed by atoms with van der Waals surface area (Å²) in [7, 11) is 0. The van der Waals surface area contributed by atoms with Gasteiger partial charge in [0.1, 0.15) is 11.5 Å². The Morgan fingerprint density at radius 2 is 1.78 bits per heavy atom. The van der Waals surface area contributed by atoms with E-state index in [2.05, 4.69) is 10.3 Å². The number of hydrogen-bond acceptors (Lipinski definition) is 6. The monoisotopic (exact) mass is 340 g/mol. The van der Waals surface area contributed by atoms with Gasteiger partial charge in [-0.25, -0.2) is 4.99 Å². The molecule has 0 radical (unpaired) electrons. The molecule has 0 bridgehead atoms. The first kappa shape index (κ1) is 24.7. The predicted molar refractivity (Wildman–Crippen MR) is 77.6 cm³/mol. The second-order valence-corrected chi connectivity index (χ2v) is 5.21. The van der Waals surface area contributed by atoms with Gasteiger partial charge in [0.2, 0.25) is 5.91 Å². The molecule has 8 nitrogen and oxygen atoms in total. The van der Waals surface area contributed by atoms with E-state index in [9.17, 15) is 14.7 Å². The van der Waals surface area contributed by atoms with Crippen molar-refractivity contribution in [3.8, 4) is 0 Å². The van der Waals surface area contributed by atoms with Gasteiger partial charge in [-0.3, -0.25) is 9.59 Å². The van der Waals surface area contributed by atoms with E-state index in [4.69, 9.17) is 15.3 Å². The van der Waals surface area contributed by atoms with Crippen LogP contribution in [-0.4, -0.2) is 52.5 Å². The van der Waals surface area contributed by atoms with Crippen LogP contribution in [0.5, 0.6) is 0 Å². The first-order chi connectivity index (χ1) is 10.3. The standard InChI is InChI=1S/C11H18N2O3.C3H8O3.Na/c1-4-6-7(3)11(5-2)8(14)12-10(16)13-9(11)15;4-1-3(6)2-5;/h7H,4-6H2,1-3H3,(H2,12,13,14,15,16);3-6H,1-2H2;/q;;+1/p-1. The number of aliphatic imine (C=N–C) groups is 1. The zero-order chi connectivity index (χ0) is 17.3. The number of carbonyl (C=O) groups excluding carboxylic acids is 2. The molecule has 0 saturated carbocycles. The molecule has 2 unspecified atom stereocenters. The van der Waals surface area contributed by atoms with Gasteiger partial charge in [-0.15, -0.1) is 0 Å². The summed E-state index contributed by atoms with van der Waals surface area (Å²) in [6, 6.07) is -0.845. The maximum absolute atomic E-state index is 11.9. The molecular formula is C14H25N2NaO6. The molecule has 23 heavy (non-hydrogen) atoms. The number of amidine groups is 1. The third-order valence-corrected chi connectivity index (χ3v) is 3.75. The molecule has 0 fully saturated rings. The molecule has 1 aliphatic heterocycles. The number of carbonyl (C=O) groups is 2. The number of aliphatic hydroxyl groups is 3. The molecule has 0 aliphatic carbocycles. The number of nitrogens with one attached hydrogen (secondary N) is 1. The SMILES string of the molecule is CCCC(C)C1(CC)C(=O)N=C([O-])NC1=O.OCC(O)CO.[Na+]. The Balaban J connectivity index is 0. The summed E-state index contributed by atoms with van der Waals surface area (Å²) in [5, 5.41) is 37.1. The van der Waals surface area contributed by atoms with Gasteiger partial charge in [-0.1, -0.05) is 27.2 Å². The van der Waals surface area contributed by atoms with Crippen molar-refractivity contribution in [1.29, 1.82) is 0 Å². The summed E-state index contributed by atoms with van der Waals surface area (Å²) >= 11 is 0. The first-order valence-corrected chi connectivity index (χ1v) is 7.31. The van der Waals surface area contributed by atoms with E-state index in [0.29, 0.717) is 6.42 Å². The van der Waals surface area contributed by atoms with Crippen LogP contribution in [0.15, 0.2) is 4.99 Å². The van der Waals surface area contributed by atoms with Gasteiger partial charge in [0.05, 0.1) is 19.2 Å². The van der Waals surface area contributed by atoms with E-state index >= 15 is 0 Å². The summed E-state index contributed by atoms with van der Waals surface area (Å²) < 4.78 is 0. The molecule has 2 atom stereocenters. The molecule has 2 amide bonds. The Morgan fingerprint density at radius 1 is 1.26 bits per heavy atom. The fourth-order valence-electron chi connectivity index (χ4n) is 2.36. The topological polar surface area (TPSA) is 142 Å². The Hall–Kier alpha value is -0.510. The van der Waals surface area contributed by atoms with Crippen LogP contribution >= 0.6 is 0 Å². The van der Waals surface area contributed by atoms with Crippen molar-refractivity contribution in [2.45, 2.75) is 46.1 Å². The minimum absolute atomic E-state index is 0. The molecule has 0 spiro atoms. The van der Waals surface area contributed by atoms with Crippen LogP contribution in [0.3, 0.4) is 0 Å². The molecule has 128 valence electrons. The summed E-state index contributed by atoms with van der Waals surface area (Å²) in [6.07, 6.45) is 1.06. The summed E-state index contributed by atoms with van der Waals surface area (Å²) in [4.78, 5) is 27.1. The fraction of sp³-hybridized carbons (Fsp3) is 0.786. The van der Waals surface area contributed by atoms with E-state index in [-0.39, 0.29) is 48.7 Å². The van der Waals surface area contributed by atoms with Gasteiger partial charge in [-0.2, -0.15) is 0 Å². The predicted octanol–water partition coefficient (Wildman–Crippen LogP) is -4.47. The smallest absolute Gasteiger partial charge is 0.846 e. The van der Waals surface area contributed by atoms with Crippen LogP contribution in [0.25, 0.3) is 0 Å². The second-order valence-electron chi connectivity index (χ2n) is 5.21. The van der Waals surface area contributed by atoms with Crippen LogP contribution in [0.1, 0.15) is 40.0 Å². The Bertz CT molecular complexity index is 414. The van der Waals surface area contributed by atoms with Crippen molar-refractivity contribution in [1.82, 2.24) is 5.32 Å². The van der Waals surface area contributed by atoms with Crippen molar-refractivity contribution >= 4 is 17.8 Å². The van der Waals surface area contributed by atoms with Gasteiger partial charge in [0, 0.05) is 0 Å². The molecule has 0 aromatic carbocycles. The van der Waals surface area contributed by atoms with E-state index in [1.807, 2.05) is 13.8 Å². The first-order valence-electron chi connectivity index (χ1n) is 7.31. The van der Waals surface area contributed by atoms with Gasteiger partial charge in [-0.05, 0) is 18.8 Å². The summed E-state index contributed by atoms with van der Waals surface area (Å²) in [5.74, 6) is -1.20. The molecule has 0 aromatic heterocycles. The van der Waals surface area contributed by atoms with Crippen LogP contribution in [-0.2, 0) is 9.59 Å². The van der Waals surface area contributed by atoms with Crippen LogP contribution in [0.2, 0.25) is 0 Å². The average molecular weight is 340 g/mol. The molecule has 0 saturated heterocycles. The van der Waals surface area contributed by atoms with Gasteiger partial charge in [0.25, 0.3) is 5.91 Å². The average Bonchev–Trinajstić information content (AvgIpc) is 2.47. The van der Waals surface area contributed by atoms with E-state index in [1.54, 1.807) is 6.92 Å². The number of amides is 2. The normalized spacial score (nSPS) is 21.6. The fourth-order valence-corrected chi connectivity index (χ4v) is 2.36. The van der Waals surface area contributed by atoms with Crippen LogP contribution in [0.4, 0.5) is 0 Å². The zero-order valence-corrected chi connectivity index (χ0v) is 16.2. The molecule has 1 heterocycles. The second kappa shape index (κ2) is 11.9. The molecule has 1 rings (SSSR count). The number of nitrogens with zero attached hydrogens (tertiary/aromatic N) is 1. The van der Waals surface area contributed by atoms with Crippen molar-refractivity contribution in [3.63, 3.8) is 0 Å². The quantitative estimate of drug-likeness (QED) is 0.284. The van der Waals surface area contributed by atoms with Crippen molar-refractivity contribution in [3.05, 3.63) is 0 Å². The van der Waals surface area contributed by atoms with Crippen molar-refractivity contribution in [2.24, 2.45) is 16.3 Å². The Kier molecular flexibility index (Phi) is 12.8. The maximum Gasteiger partial charge on any atom is 1.00 e. The summed E-state index contributed by atoms with van der Waals surface area (Å²) in [6.45, 7) is 4.89. The third kappa shape index (κ3) is 6.48. The van der Waals surface area contributed by atoms with E-state index in [1.165, 1.54) is 0 Å². The largest absolute Gasteiger partial charge is 1.00 e. The number of rotatable bonds is 6. The number of aliphatic hydroxyl groups excluding tert-OH is 3. The van der Waals surface area contributed by atoms with Crippen molar-refractivity contribution in [2.75, 3.05) is 13.2 Å². The van der Waals surface area contributed by atoms with Gasteiger partial charge >= 0.3 is 29.6 Å². The summed E-state index contributed by atoms with van der Waals surface area (Å²) in [5.41, 5.74) is -1.15. The minimum Gasteiger partial charge on any atom is -0.846 e. The van der Waals surface area contributed by atoms with Crippen molar-refractivity contribution < 1.29 is 59.6 Å². The molecule has 0 aromatic rings. The molecule has 9 heteroatoms. The molecular weight excluding hydrogens is 315 g/mol. The van der Waals surface area contributed by atoms with Gasteiger partial charge < -0.3 is 25.7 Å². The van der Waals surface area contributed by atoms with Crippen LogP contribution < -0.4 is 40.0 Å². The molecule has 4 N–H and O–H groups in total. The maximum atomic E-state index is 11.9. The molecule has 1 aliphatic rings. The zero-order valence-electron chi connectivity index (χ0n) is 14.2. The number of hydrogen-bond donors (Lipinski definition) is 4.